The molecule has 3 saturated carbocycles. The highest BCUT2D eigenvalue weighted by molar-refractivity contribution is 14.1. The molecule has 0 bridgehead atoms. The fourth-order valence-electron chi connectivity index (χ4n) is 6.34. The number of benzene rings is 1. The molecular formula is C25H36F2INO. The summed E-state index contributed by atoms with van der Waals surface area (Å²) in [5.41, 5.74) is 6.19. The lowest BCUT2D eigenvalue weighted by Crippen LogP contribution is -2.38. The SMILES string of the molecule is Nc1ccc(OC(F)(F)C2CCC(C3CCC(C4CCC(I)CC4)CC3)CC2)cc1. The van der Waals surface area contributed by atoms with Gasteiger partial charge in [-0.25, -0.2) is 0 Å². The van der Waals surface area contributed by atoms with Crippen molar-refractivity contribution in [2.24, 2.45) is 29.6 Å². The number of halogens is 3. The van der Waals surface area contributed by atoms with E-state index in [0.29, 0.717) is 24.4 Å². The average Bonchev–Trinajstić information content (AvgIpc) is 2.76. The molecule has 0 saturated heterocycles. The fourth-order valence-corrected chi connectivity index (χ4v) is 7.06. The third-order valence-electron chi connectivity index (χ3n) is 8.23. The maximum absolute atomic E-state index is 14.7. The van der Waals surface area contributed by atoms with E-state index < -0.39 is 12.0 Å². The summed E-state index contributed by atoms with van der Waals surface area (Å²) < 4.78 is 35.4. The lowest BCUT2D eigenvalue weighted by Gasteiger charge is -2.41. The van der Waals surface area contributed by atoms with Crippen LogP contribution in [0.4, 0.5) is 14.5 Å². The Balaban J connectivity index is 1.22. The van der Waals surface area contributed by atoms with Gasteiger partial charge in [0.25, 0.3) is 0 Å². The molecule has 0 aliphatic heterocycles. The summed E-state index contributed by atoms with van der Waals surface area (Å²) in [5, 5.41) is 0. The lowest BCUT2D eigenvalue weighted by molar-refractivity contribution is -0.224. The van der Waals surface area contributed by atoms with Crippen LogP contribution in [0.5, 0.6) is 5.75 Å². The molecule has 1 aromatic carbocycles. The first-order valence-electron chi connectivity index (χ1n) is 12.0. The van der Waals surface area contributed by atoms with Crippen molar-refractivity contribution in [3.8, 4) is 5.75 Å². The second-order valence-electron chi connectivity index (χ2n) is 10.0. The van der Waals surface area contributed by atoms with Gasteiger partial charge in [-0.15, -0.1) is 0 Å². The van der Waals surface area contributed by atoms with Crippen LogP contribution < -0.4 is 10.5 Å². The minimum atomic E-state index is -3.10. The first kappa shape index (κ1) is 22.6. The number of hydrogen-bond acceptors (Lipinski definition) is 2. The number of hydrogen-bond donors (Lipinski definition) is 1. The molecule has 3 aliphatic carbocycles. The van der Waals surface area contributed by atoms with E-state index in [1.165, 1.54) is 63.5 Å². The van der Waals surface area contributed by atoms with Crippen LogP contribution in [0.25, 0.3) is 0 Å². The smallest absolute Gasteiger partial charge is 0.400 e. The first-order valence-corrected chi connectivity index (χ1v) is 13.2. The second-order valence-corrected chi connectivity index (χ2v) is 11.8. The summed E-state index contributed by atoms with van der Waals surface area (Å²) in [6, 6.07) is 6.26. The quantitative estimate of drug-likeness (QED) is 0.239. The van der Waals surface area contributed by atoms with E-state index in [9.17, 15) is 8.78 Å². The highest BCUT2D eigenvalue weighted by Crippen LogP contribution is 2.47. The van der Waals surface area contributed by atoms with Crippen LogP contribution in [-0.2, 0) is 0 Å². The fraction of sp³-hybridized carbons (Fsp3) is 0.760. The molecule has 0 amide bonds. The predicted molar refractivity (Wildman–Crippen MR) is 127 cm³/mol. The van der Waals surface area contributed by atoms with Gasteiger partial charge < -0.3 is 10.5 Å². The van der Waals surface area contributed by atoms with Gasteiger partial charge in [0.05, 0.1) is 5.92 Å². The number of ether oxygens (including phenoxy) is 1. The molecule has 3 fully saturated rings. The Hall–Kier alpha value is -0.590. The molecule has 0 radical (unpaired) electrons. The van der Waals surface area contributed by atoms with Gasteiger partial charge in [0.1, 0.15) is 5.75 Å². The van der Waals surface area contributed by atoms with Crippen LogP contribution in [0.3, 0.4) is 0 Å². The first-order chi connectivity index (χ1) is 14.4. The van der Waals surface area contributed by atoms with Crippen LogP contribution in [0.1, 0.15) is 77.0 Å². The van der Waals surface area contributed by atoms with Gasteiger partial charge in [0.2, 0.25) is 0 Å². The largest absolute Gasteiger partial charge is 0.432 e. The second kappa shape index (κ2) is 9.91. The van der Waals surface area contributed by atoms with Gasteiger partial charge in [0.15, 0.2) is 0 Å². The number of anilines is 1. The van der Waals surface area contributed by atoms with Crippen molar-refractivity contribution in [3.63, 3.8) is 0 Å². The van der Waals surface area contributed by atoms with Crippen molar-refractivity contribution in [3.05, 3.63) is 24.3 Å². The zero-order chi connectivity index (χ0) is 21.1. The molecule has 0 atom stereocenters. The maximum atomic E-state index is 14.7. The molecule has 2 N–H and O–H groups in total. The van der Waals surface area contributed by atoms with E-state index in [1.54, 1.807) is 12.1 Å². The van der Waals surface area contributed by atoms with Crippen LogP contribution in [0, 0.1) is 29.6 Å². The Kier molecular flexibility index (Phi) is 7.46. The van der Waals surface area contributed by atoms with Gasteiger partial charge in [-0.3, -0.25) is 0 Å². The monoisotopic (exact) mass is 531 g/mol. The van der Waals surface area contributed by atoms with Crippen LogP contribution >= 0.6 is 22.6 Å². The molecule has 30 heavy (non-hydrogen) atoms. The van der Waals surface area contributed by atoms with E-state index >= 15 is 0 Å². The topological polar surface area (TPSA) is 35.2 Å². The summed E-state index contributed by atoms with van der Waals surface area (Å²) >= 11 is 2.62. The van der Waals surface area contributed by atoms with Crippen LogP contribution in [0.2, 0.25) is 0 Å². The minimum absolute atomic E-state index is 0.200. The molecule has 0 unspecified atom stereocenters. The number of nitrogen functional groups attached to an aromatic ring is 1. The molecule has 0 spiro atoms. The molecule has 168 valence electrons. The third-order valence-corrected chi connectivity index (χ3v) is 9.48. The van der Waals surface area contributed by atoms with Gasteiger partial charge in [-0.05, 0) is 125 Å². The molecule has 2 nitrogen and oxygen atoms in total. The Morgan fingerprint density at radius 1 is 0.700 bits per heavy atom. The molecule has 4 rings (SSSR count). The van der Waals surface area contributed by atoms with Crippen molar-refractivity contribution >= 4 is 28.3 Å². The average molecular weight is 531 g/mol. The van der Waals surface area contributed by atoms with Crippen LogP contribution in [0.15, 0.2) is 24.3 Å². The van der Waals surface area contributed by atoms with Gasteiger partial charge in [0, 0.05) is 9.61 Å². The summed E-state index contributed by atoms with van der Waals surface area (Å²) in [4.78, 5) is 0. The summed E-state index contributed by atoms with van der Waals surface area (Å²) in [6.45, 7) is 0. The van der Waals surface area contributed by atoms with E-state index in [4.69, 9.17) is 10.5 Å². The third kappa shape index (κ3) is 5.60. The standard InChI is InChI=1S/C25H36F2INO/c26-25(27,30-24-15-13-23(29)14-16-24)21-9-5-19(6-10-21)17-1-3-18(4-2-17)20-7-11-22(28)12-8-20/h13-22H,1-12,29H2. The van der Waals surface area contributed by atoms with Gasteiger partial charge in [-0.2, -0.15) is 8.78 Å². The molecule has 0 heterocycles. The normalized spacial score (nSPS) is 35.7. The molecule has 5 heteroatoms. The molecule has 0 aromatic heterocycles. The predicted octanol–water partition coefficient (Wildman–Crippen LogP) is 7.85. The molecular weight excluding hydrogens is 495 g/mol. The zero-order valence-electron chi connectivity index (χ0n) is 17.9. The van der Waals surface area contributed by atoms with E-state index in [2.05, 4.69) is 22.6 Å². The molecule has 1 aromatic rings. The lowest BCUT2D eigenvalue weighted by atomic mass is 9.65. The van der Waals surface area contributed by atoms with E-state index in [0.717, 1.165) is 34.5 Å². The van der Waals surface area contributed by atoms with Gasteiger partial charge >= 0.3 is 6.11 Å². The van der Waals surface area contributed by atoms with Crippen molar-refractivity contribution in [1.29, 1.82) is 0 Å². The number of nitrogens with two attached hydrogens (primary N) is 1. The highest BCUT2D eigenvalue weighted by Gasteiger charge is 2.45. The summed E-state index contributed by atoms with van der Waals surface area (Å²) in [5.74, 6) is 2.81. The molecule has 3 aliphatic rings. The van der Waals surface area contributed by atoms with E-state index in [1.807, 2.05) is 0 Å². The highest BCUT2D eigenvalue weighted by atomic mass is 127. The number of rotatable bonds is 5. The minimum Gasteiger partial charge on any atom is -0.432 e. The maximum Gasteiger partial charge on any atom is 0.400 e. The van der Waals surface area contributed by atoms with Crippen LogP contribution in [-0.4, -0.2) is 10.0 Å². The Labute approximate surface area is 193 Å². The Morgan fingerprint density at radius 3 is 1.57 bits per heavy atom. The summed E-state index contributed by atoms with van der Waals surface area (Å²) in [7, 11) is 0. The van der Waals surface area contributed by atoms with Crippen molar-refractivity contribution in [2.75, 3.05) is 5.73 Å². The van der Waals surface area contributed by atoms with Gasteiger partial charge in [-0.1, -0.05) is 22.6 Å². The number of alkyl halides is 3. The Bertz CT molecular complexity index is 658. The Morgan fingerprint density at radius 2 is 1.10 bits per heavy atom. The van der Waals surface area contributed by atoms with E-state index in [-0.39, 0.29) is 5.75 Å². The van der Waals surface area contributed by atoms with Crippen molar-refractivity contribution in [1.82, 2.24) is 0 Å². The van der Waals surface area contributed by atoms with Crippen molar-refractivity contribution in [2.45, 2.75) is 87.1 Å². The zero-order valence-corrected chi connectivity index (χ0v) is 20.0. The van der Waals surface area contributed by atoms with Crippen molar-refractivity contribution < 1.29 is 13.5 Å². The summed E-state index contributed by atoms with van der Waals surface area (Å²) in [6.07, 6.45) is 11.0.